The molecule has 0 amide bonds. The lowest BCUT2D eigenvalue weighted by Crippen LogP contribution is -2.39. The Kier molecular flexibility index (Phi) is 6.37. The molecule has 0 N–H and O–H groups in total. The van der Waals surface area contributed by atoms with Crippen LogP contribution in [0, 0.1) is 11.8 Å². The van der Waals surface area contributed by atoms with Crippen molar-refractivity contribution in [2.75, 3.05) is 21.2 Å². The average molecular weight is 333 g/mol. The van der Waals surface area contributed by atoms with Crippen molar-refractivity contribution in [3.8, 4) is 0 Å². The largest absolute Gasteiger partial charge is 0.469 e. The molecule has 24 heavy (non-hydrogen) atoms. The molecule has 1 saturated carbocycles. The molecule has 1 aliphatic rings. The van der Waals surface area contributed by atoms with Gasteiger partial charge in [0.25, 0.3) is 0 Å². The first-order chi connectivity index (χ1) is 11.4. The molecule has 1 aromatic rings. The van der Waals surface area contributed by atoms with Crippen molar-refractivity contribution in [2.45, 2.75) is 38.3 Å². The van der Waals surface area contributed by atoms with Crippen LogP contribution in [0.5, 0.6) is 0 Å². The van der Waals surface area contributed by atoms with E-state index in [1.807, 2.05) is 27.1 Å². The molecule has 132 valence electrons. The fraction of sp³-hybridized carbons (Fsp3) is 0.579. The van der Waals surface area contributed by atoms with E-state index in [1.165, 1.54) is 7.11 Å². The van der Waals surface area contributed by atoms with Gasteiger partial charge in [0.15, 0.2) is 0 Å². The molecular formula is C19H27NO4. The molecule has 1 aliphatic carbocycles. The Morgan fingerprint density at radius 3 is 2.38 bits per heavy atom. The smallest absolute Gasteiger partial charge is 0.338 e. The number of methoxy groups -OCH3 is 1. The number of benzene rings is 1. The first kappa shape index (κ1) is 18.5. The molecule has 0 radical (unpaired) electrons. The maximum absolute atomic E-state index is 12.5. The van der Waals surface area contributed by atoms with Crippen molar-refractivity contribution in [1.82, 2.24) is 4.90 Å². The van der Waals surface area contributed by atoms with Crippen LogP contribution in [-0.4, -0.2) is 50.2 Å². The van der Waals surface area contributed by atoms with Crippen molar-refractivity contribution in [2.24, 2.45) is 11.8 Å². The summed E-state index contributed by atoms with van der Waals surface area (Å²) in [4.78, 5) is 26.9. The van der Waals surface area contributed by atoms with Crippen LogP contribution in [0.2, 0.25) is 0 Å². The summed E-state index contributed by atoms with van der Waals surface area (Å²) in [5.41, 5.74) is 0.499. The van der Waals surface area contributed by atoms with Gasteiger partial charge in [-0.05, 0) is 45.0 Å². The Balaban J connectivity index is 2.24. The van der Waals surface area contributed by atoms with Crippen LogP contribution in [0.25, 0.3) is 0 Å². The second-order valence-corrected chi connectivity index (χ2v) is 6.77. The molecule has 0 aromatic heterocycles. The molecule has 0 bridgehead atoms. The van der Waals surface area contributed by atoms with E-state index in [0.717, 1.165) is 12.8 Å². The maximum atomic E-state index is 12.5. The van der Waals surface area contributed by atoms with Gasteiger partial charge in [-0.2, -0.15) is 0 Å². The van der Waals surface area contributed by atoms with Gasteiger partial charge in [0.2, 0.25) is 0 Å². The molecule has 0 saturated heterocycles. The Morgan fingerprint density at radius 1 is 1.12 bits per heavy atom. The topological polar surface area (TPSA) is 55.8 Å². The zero-order valence-corrected chi connectivity index (χ0v) is 14.9. The molecule has 4 atom stereocenters. The van der Waals surface area contributed by atoms with Crippen molar-refractivity contribution >= 4 is 11.9 Å². The second-order valence-electron chi connectivity index (χ2n) is 6.77. The van der Waals surface area contributed by atoms with Crippen LogP contribution in [0.4, 0.5) is 0 Å². The fourth-order valence-electron chi connectivity index (χ4n) is 3.42. The van der Waals surface area contributed by atoms with E-state index in [9.17, 15) is 9.59 Å². The van der Waals surface area contributed by atoms with Gasteiger partial charge in [0.05, 0.1) is 18.6 Å². The van der Waals surface area contributed by atoms with E-state index in [-0.39, 0.29) is 23.9 Å². The maximum Gasteiger partial charge on any atom is 0.338 e. The molecule has 5 heteroatoms. The van der Waals surface area contributed by atoms with Gasteiger partial charge >= 0.3 is 11.9 Å². The number of nitrogens with zero attached hydrogens (tertiary/aromatic N) is 1. The number of carbonyl (C=O) groups excluding carboxylic acids is 2. The molecule has 1 fully saturated rings. The monoisotopic (exact) mass is 333 g/mol. The highest BCUT2D eigenvalue weighted by Crippen LogP contribution is 2.33. The number of hydrogen-bond acceptors (Lipinski definition) is 5. The van der Waals surface area contributed by atoms with E-state index in [2.05, 4.69) is 4.90 Å². The highest BCUT2D eigenvalue weighted by Gasteiger charge is 2.41. The van der Waals surface area contributed by atoms with Crippen molar-refractivity contribution in [3.05, 3.63) is 35.9 Å². The number of hydrogen-bond donors (Lipinski definition) is 0. The van der Waals surface area contributed by atoms with Crippen LogP contribution in [0.3, 0.4) is 0 Å². The van der Waals surface area contributed by atoms with Gasteiger partial charge in [-0.3, -0.25) is 4.79 Å². The summed E-state index contributed by atoms with van der Waals surface area (Å²) in [7, 11) is 5.42. The first-order valence-electron chi connectivity index (χ1n) is 8.44. The van der Waals surface area contributed by atoms with Crippen molar-refractivity contribution < 1.29 is 19.1 Å². The van der Waals surface area contributed by atoms with Crippen LogP contribution in [0.1, 0.15) is 36.5 Å². The summed E-state index contributed by atoms with van der Waals surface area (Å²) < 4.78 is 10.8. The summed E-state index contributed by atoms with van der Waals surface area (Å²) in [5, 5.41) is 0. The summed E-state index contributed by atoms with van der Waals surface area (Å²) >= 11 is 0. The quantitative estimate of drug-likeness (QED) is 0.626. The molecule has 0 aliphatic heterocycles. The Hall–Kier alpha value is -1.88. The fourth-order valence-corrected chi connectivity index (χ4v) is 3.42. The molecule has 0 heterocycles. The van der Waals surface area contributed by atoms with Crippen LogP contribution >= 0.6 is 0 Å². The van der Waals surface area contributed by atoms with Gasteiger partial charge in [-0.25, -0.2) is 4.79 Å². The molecular weight excluding hydrogens is 306 g/mol. The zero-order valence-electron chi connectivity index (χ0n) is 14.9. The molecule has 2 rings (SSSR count). The van der Waals surface area contributed by atoms with Crippen LogP contribution in [-0.2, 0) is 14.3 Å². The molecule has 0 spiro atoms. The van der Waals surface area contributed by atoms with Crippen LogP contribution in [0.15, 0.2) is 30.3 Å². The molecule has 1 aromatic carbocycles. The van der Waals surface area contributed by atoms with Gasteiger partial charge in [0, 0.05) is 12.5 Å². The Morgan fingerprint density at radius 2 is 1.79 bits per heavy atom. The van der Waals surface area contributed by atoms with E-state index >= 15 is 0 Å². The number of ether oxygens (including phenoxy) is 2. The third-order valence-corrected chi connectivity index (χ3v) is 4.94. The minimum absolute atomic E-state index is 0.107. The zero-order chi connectivity index (χ0) is 17.7. The average Bonchev–Trinajstić information content (AvgIpc) is 2.74. The summed E-state index contributed by atoms with van der Waals surface area (Å²) in [6, 6.07) is 9.16. The van der Waals surface area contributed by atoms with Gasteiger partial charge in [-0.1, -0.05) is 25.1 Å². The number of rotatable bonds is 4. The lowest BCUT2D eigenvalue weighted by molar-refractivity contribution is -0.152. The number of esters is 2. The minimum atomic E-state index is -0.477. The normalized spacial score (nSPS) is 27.4. The lowest BCUT2D eigenvalue weighted by atomic mass is 9.87. The van der Waals surface area contributed by atoms with Crippen LogP contribution < -0.4 is 0 Å². The summed E-state index contributed by atoms with van der Waals surface area (Å²) in [6.07, 6.45) is 2.04. The predicted octanol–water partition coefficient (Wildman–Crippen LogP) is 2.75. The van der Waals surface area contributed by atoms with E-state index in [1.54, 1.807) is 24.3 Å². The summed E-state index contributed by atoms with van der Waals surface area (Å²) in [6.45, 7) is 2.03. The third-order valence-electron chi connectivity index (χ3n) is 4.94. The van der Waals surface area contributed by atoms with E-state index in [0.29, 0.717) is 12.0 Å². The first-order valence-corrected chi connectivity index (χ1v) is 8.44. The number of carbonyl (C=O) groups is 2. The van der Waals surface area contributed by atoms with Crippen molar-refractivity contribution in [3.63, 3.8) is 0 Å². The summed E-state index contributed by atoms with van der Waals surface area (Å²) in [5.74, 6) is -1.00. The molecule has 5 nitrogen and oxygen atoms in total. The minimum Gasteiger partial charge on any atom is -0.469 e. The second kappa shape index (κ2) is 8.29. The third kappa shape index (κ3) is 4.35. The standard InChI is InChI=1S/C19H27NO4/c1-13-10-11-15(20(2)3)12-16(17(13)19(22)23-4)24-18(21)14-8-6-5-7-9-14/h5-9,13,15-17H,10-12H2,1-4H3. The van der Waals surface area contributed by atoms with E-state index < -0.39 is 12.0 Å². The van der Waals surface area contributed by atoms with E-state index in [4.69, 9.17) is 9.47 Å². The Labute approximate surface area is 143 Å². The Bertz CT molecular complexity index is 558. The van der Waals surface area contributed by atoms with Gasteiger partial charge in [0.1, 0.15) is 6.10 Å². The highest BCUT2D eigenvalue weighted by molar-refractivity contribution is 5.89. The molecule has 4 unspecified atom stereocenters. The van der Waals surface area contributed by atoms with Gasteiger partial charge < -0.3 is 14.4 Å². The SMILES string of the molecule is COC(=O)C1C(C)CCC(N(C)C)CC1OC(=O)c1ccccc1. The predicted molar refractivity (Wildman–Crippen MR) is 91.6 cm³/mol. The highest BCUT2D eigenvalue weighted by atomic mass is 16.6. The van der Waals surface area contributed by atoms with Gasteiger partial charge in [-0.15, -0.1) is 0 Å². The lowest BCUT2D eigenvalue weighted by Gasteiger charge is -2.29. The van der Waals surface area contributed by atoms with Crippen molar-refractivity contribution in [1.29, 1.82) is 0 Å².